The van der Waals surface area contributed by atoms with Crippen LogP contribution < -0.4 is 4.90 Å². The number of hydrogen-bond acceptors (Lipinski definition) is 6. The quantitative estimate of drug-likeness (QED) is 0.586. The second kappa shape index (κ2) is 7.00. The van der Waals surface area contributed by atoms with Gasteiger partial charge in [-0.2, -0.15) is 8.42 Å². The Kier molecular flexibility index (Phi) is 4.44. The Morgan fingerprint density at radius 3 is 2.45 bits per heavy atom. The number of hydrogen-bond donors (Lipinski definition) is 0. The number of aryl methyl sites for hydroxylation is 1. The Balaban J connectivity index is 1.60. The van der Waals surface area contributed by atoms with Crippen LogP contribution in [0.3, 0.4) is 0 Å². The third-order valence-electron chi connectivity index (χ3n) is 5.45. The molecule has 7 heteroatoms. The van der Waals surface area contributed by atoms with Gasteiger partial charge in [0, 0.05) is 18.3 Å². The average Bonchev–Trinajstić information content (AvgIpc) is 3.18. The maximum absolute atomic E-state index is 12.6. The number of fused-ring (bicyclic) bond motifs is 2. The molecule has 3 aromatic rings. The molecule has 2 heterocycles. The highest BCUT2D eigenvalue weighted by Gasteiger charge is 2.40. The van der Waals surface area contributed by atoms with E-state index in [1.165, 1.54) is 11.3 Å². The van der Waals surface area contributed by atoms with Crippen molar-refractivity contribution in [2.75, 3.05) is 17.7 Å². The summed E-state index contributed by atoms with van der Waals surface area (Å²) < 4.78 is 30.8. The van der Waals surface area contributed by atoms with Gasteiger partial charge in [0.2, 0.25) is 0 Å². The lowest BCUT2D eigenvalue weighted by Crippen LogP contribution is -2.43. The summed E-state index contributed by atoms with van der Waals surface area (Å²) in [6.45, 7) is 0. The Labute approximate surface area is 174 Å². The molecule has 1 unspecified atom stereocenters. The van der Waals surface area contributed by atoms with Gasteiger partial charge in [0.15, 0.2) is 5.76 Å². The Morgan fingerprint density at radius 2 is 1.72 bits per heavy atom. The molecule has 1 aliphatic carbocycles. The van der Waals surface area contributed by atoms with E-state index in [4.69, 9.17) is 9.17 Å². The van der Waals surface area contributed by atoms with Crippen LogP contribution in [-0.2, 0) is 20.7 Å². The molecule has 0 saturated carbocycles. The molecule has 2 aromatic carbocycles. The molecule has 0 amide bonds. The topological polar surface area (TPSA) is 59.5 Å². The van der Waals surface area contributed by atoms with Crippen LogP contribution in [0.2, 0.25) is 0 Å². The molecule has 0 bridgehead atoms. The monoisotopic (exact) mass is 424 g/mol. The number of rotatable bonds is 3. The highest BCUT2D eigenvalue weighted by molar-refractivity contribution is 7.87. The molecule has 1 aliphatic heterocycles. The predicted octanol–water partition coefficient (Wildman–Crippen LogP) is 4.33. The molecule has 0 spiro atoms. The molecule has 1 atom stereocenters. The zero-order valence-corrected chi connectivity index (χ0v) is 17.5. The second-order valence-electron chi connectivity index (χ2n) is 7.29. The van der Waals surface area contributed by atoms with Crippen LogP contribution in [0.5, 0.6) is 0 Å². The maximum atomic E-state index is 12.6. The van der Waals surface area contributed by atoms with Crippen LogP contribution >= 0.6 is 11.3 Å². The minimum absolute atomic E-state index is 0.0447. The molecule has 0 saturated heterocycles. The van der Waals surface area contributed by atoms with E-state index < -0.39 is 10.1 Å². The average molecular weight is 425 g/mol. The smallest absolute Gasteiger partial charge is 0.311 e. The van der Waals surface area contributed by atoms with Gasteiger partial charge in [-0.3, -0.25) is 0 Å². The molecule has 29 heavy (non-hydrogen) atoms. The van der Waals surface area contributed by atoms with E-state index in [1.807, 2.05) is 72.6 Å². The molecule has 0 radical (unpaired) electrons. The van der Waals surface area contributed by atoms with E-state index in [1.54, 1.807) is 0 Å². The van der Waals surface area contributed by atoms with Crippen molar-refractivity contribution in [3.8, 4) is 10.6 Å². The van der Waals surface area contributed by atoms with Gasteiger partial charge in [-0.15, -0.1) is 11.3 Å². The minimum Gasteiger partial charge on any atom is -0.381 e. The van der Waals surface area contributed by atoms with Crippen molar-refractivity contribution in [1.82, 2.24) is 4.98 Å². The van der Waals surface area contributed by atoms with Crippen LogP contribution in [0.4, 0.5) is 5.69 Å². The summed E-state index contributed by atoms with van der Waals surface area (Å²) in [5, 5.41) is 0.892. The maximum Gasteiger partial charge on any atom is 0.311 e. The zero-order chi connectivity index (χ0) is 20.0. The summed E-state index contributed by atoms with van der Waals surface area (Å²) in [4.78, 5) is 7.67. The van der Waals surface area contributed by atoms with Gasteiger partial charge in [-0.05, 0) is 30.5 Å². The Morgan fingerprint density at radius 1 is 1.03 bits per heavy atom. The Bertz CT molecular complexity index is 1190. The van der Waals surface area contributed by atoms with Gasteiger partial charge < -0.3 is 9.08 Å². The van der Waals surface area contributed by atoms with Crippen LogP contribution in [-0.4, -0.2) is 32.2 Å². The van der Waals surface area contributed by atoms with Crippen molar-refractivity contribution in [2.24, 2.45) is 0 Å². The van der Waals surface area contributed by atoms with Gasteiger partial charge in [-0.25, -0.2) is 4.98 Å². The summed E-state index contributed by atoms with van der Waals surface area (Å²) in [6, 6.07) is 19.6. The first kappa shape index (κ1) is 18.4. The summed E-state index contributed by atoms with van der Waals surface area (Å²) >= 11 is 1.51. The highest BCUT2D eigenvalue weighted by Crippen LogP contribution is 2.44. The SMILES string of the molecule is CN(c1ccccc1)C1CS(=O)(=O)OC2=C1CCc1nc(-c3ccccc3)sc12. The van der Waals surface area contributed by atoms with Gasteiger partial charge in [0.1, 0.15) is 10.8 Å². The summed E-state index contributed by atoms with van der Waals surface area (Å²) in [5.41, 5.74) is 3.99. The van der Waals surface area contributed by atoms with Crippen LogP contribution in [0, 0.1) is 0 Å². The van der Waals surface area contributed by atoms with Crippen LogP contribution in [0.15, 0.2) is 66.2 Å². The molecule has 5 rings (SSSR count). The van der Waals surface area contributed by atoms with E-state index >= 15 is 0 Å². The molecule has 5 nitrogen and oxygen atoms in total. The standard InChI is InChI=1S/C22H20N2O3S2/c1-24(16-10-6-3-7-11-16)19-14-29(25,26)27-20-17(19)12-13-18-21(20)28-22(23-18)15-8-4-2-5-9-15/h2-11,19H,12-14H2,1H3. The molecule has 0 N–H and O–H groups in total. The largest absolute Gasteiger partial charge is 0.381 e. The zero-order valence-electron chi connectivity index (χ0n) is 15.9. The van der Waals surface area contributed by atoms with Crippen LogP contribution in [0.25, 0.3) is 16.3 Å². The van der Waals surface area contributed by atoms with Gasteiger partial charge in [-0.1, -0.05) is 48.5 Å². The number of nitrogens with zero attached hydrogens (tertiary/aromatic N) is 2. The normalized spacial score (nSPS) is 19.8. The van der Waals surface area contributed by atoms with Crippen molar-refractivity contribution in [1.29, 1.82) is 0 Å². The van der Waals surface area contributed by atoms with Crippen molar-refractivity contribution in [2.45, 2.75) is 18.9 Å². The molecular weight excluding hydrogens is 404 g/mol. The molecule has 1 aromatic heterocycles. The van der Waals surface area contributed by atoms with E-state index in [9.17, 15) is 8.42 Å². The molecule has 0 fully saturated rings. The number of para-hydroxylation sites is 1. The van der Waals surface area contributed by atoms with E-state index in [0.717, 1.165) is 45.2 Å². The van der Waals surface area contributed by atoms with E-state index in [0.29, 0.717) is 5.76 Å². The third kappa shape index (κ3) is 3.34. The molecular formula is C22H20N2O3S2. The highest BCUT2D eigenvalue weighted by atomic mass is 32.2. The van der Waals surface area contributed by atoms with E-state index in [-0.39, 0.29) is 11.8 Å². The van der Waals surface area contributed by atoms with Crippen molar-refractivity contribution < 1.29 is 12.6 Å². The third-order valence-corrected chi connectivity index (χ3v) is 7.74. The lowest BCUT2D eigenvalue weighted by atomic mass is 9.93. The van der Waals surface area contributed by atoms with Crippen molar-refractivity contribution in [3.63, 3.8) is 0 Å². The van der Waals surface area contributed by atoms with Gasteiger partial charge in [0.05, 0.1) is 16.6 Å². The first-order valence-electron chi connectivity index (χ1n) is 9.50. The van der Waals surface area contributed by atoms with Crippen LogP contribution in [0.1, 0.15) is 17.0 Å². The number of thiazole rings is 1. The van der Waals surface area contributed by atoms with E-state index in [2.05, 4.69) is 0 Å². The fourth-order valence-electron chi connectivity index (χ4n) is 3.97. The lowest BCUT2D eigenvalue weighted by Gasteiger charge is -2.37. The summed E-state index contributed by atoms with van der Waals surface area (Å²) in [6.07, 6.45) is 1.54. The van der Waals surface area contributed by atoms with Gasteiger partial charge in [0.25, 0.3) is 0 Å². The summed E-state index contributed by atoms with van der Waals surface area (Å²) in [5.74, 6) is 0.446. The predicted molar refractivity (Wildman–Crippen MR) is 116 cm³/mol. The lowest BCUT2D eigenvalue weighted by molar-refractivity contribution is 0.437. The number of anilines is 1. The molecule has 2 aliphatic rings. The van der Waals surface area contributed by atoms with Crippen molar-refractivity contribution >= 4 is 32.9 Å². The second-order valence-corrected chi connectivity index (χ2v) is 9.90. The fraction of sp³-hybridized carbons (Fsp3) is 0.227. The Hall–Kier alpha value is -2.64. The number of benzene rings is 2. The number of aromatic nitrogens is 1. The number of likely N-dealkylation sites (N-methyl/N-ethyl adjacent to an activating group) is 1. The van der Waals surface area contributed by atoms with Crippen molar-refractivity contribution in [3.05, 3.63) is 76.8 Å². The summed E-state index contributed by atoms with van der Waals surface area (Å²) in [7, 11) is -1.73. The first-order valence-corrected chi connectivity index (χ1v) is 11.9. The molecule has 148 valence electrons. The first-order chi connectivity index (χ1) is 14.0. The fourth-order valence-corrected chi connectivity index (χ4v) is 6.48. The van der Waals surface area contributed by atoms with Gasteiger partial charge >= 0.3 is 10.1 Å². The minimum atomic E-state index is -3.67.